The molecule has 4 aromatic carbocycles. The van der Waals surface area contributed by atoms with E-state index in [1.807, 2.05) is 48.5 Å². The number of anilines is 1. The number of hydrogen-bond acceptors (Lipinski definition) is 7. The molecule has 0 bridgehead atoms. The SMILES string of the molecule is O=[N+]([O-])c1cc(S(=O)(=O)N2CCOCC2)ccc1NN=Cc1c2ccccc2c(Cl)c2ccccc12. The molecule has 0 amide bonds. The van der Waals surface area contributed by atoms with Gasteiger partial charge in [0.1, 0.15) is 5.69 Å². The van der Waals surface area contributed by atoms with E-state index in [9.17, 15) is 18.5 Å². The van der Waals surface area contributed by atoms with Crippen LogP contribution in [0, 0.1) is 10.1 Å². The third-order valence-electron chi connectivity index (χ3n) is 6.06. The minimum atomic E-state index is -3.88. The first-order valence-electron chi connectivity index (χ1n) is 11.1. The van der Waals surface area contributed by atoms with Crippen molar-refractivity contribution in [2.75, 3.05) is 31.7 Å². The van der Waals surface area contributed by atoms with E-state index in [0.29, 0.717) is 5.02 Å². The number of hydrazone groups is 1. The van der Waals surface area contributed by atoms with Crippen molar-refractivity contribution in [1.29, 1.82) is 0 Å². The van der Waals surface area contributed by atoms with Crippen LogP contribution < -0.4 is 5.43 Å². The monoisotopic (exact) mass is 524 g/mol. The molecule has 0 saturated carbocycles. The Labute approximate surface area is 212 Å². The number of ether oxygens (including phenoxy) is 1. The lowest BCUT2D eigenvalue weighted by atomic mass is 9.97. The minimum absolute atomic E-state index is 0.0692. The van der Waals surface area contributed by atoms with Crippen LogP contribution >= 0.6 is 11.6 Å². The van der Waals surface area contributed by atoms with Gasteiger partial charge in [0.05, 0.1) is 34.3 Å². The summed E-state index contributed by atoms with van der Waals surface area (Å²) >= 11 is 6.65. The molecule has 0 aliphatic carbocycles. The molecule has 1 N–H and O–H groups in total. The van der Waals surface area contributed by atoms with Gasteiger partial charge in [-0.3, -0.25) is 15.5 Å². The number of halogens is 1. The summed E-state index contributed by atoms with van der Waals surface area (Å²) < 4.78 is 32.3. The lowest BCUT2D eigenvalue weighted by Crippen LogP contribution is -2.40. The van der Waals surface area contributed by atoms with Crippen LogP contribution in [0.1, 0.15) is 5.56 Å². The van der Waals surface area contributed by atoms with Crippen LogP contribution in [0.3, 0.4) is 0 Å². The van der Waals surface area contributed by atoms with Gasteiger partial charge in [-0.2, -0.15) is 9.41 Å². The molecule has 1 fully saturated rings. The van der Waals surface area contributed by atoms with Gasteiger partial charge in [-0.1, -0.05) is 60.1 Å². The number of sulfonamides is 1. The summed E-state index contributed by atoms with van der Waals surface area (Å²) in [6, 6.07) is 19.1. The van der Waals surface area contributed by atoms with Crippen molar-refractivity contribution in [2.45, 2.75) is 4.90 Å². The van der Waals surface area contributed by atoms with Gasteiger partial charge in [0.15, 0.2) is 0 Å². The van der Waals surface area contributed by atoms with E-state index in [0.717, 1.165) is 33.2 Å². The van der Waals surface area contributed by atoms with Gasteiger partial charge in [-0.05, 0) is 22.9 Å². The first-order chi connectivity index (χ1) is 17.4. The Morgan fingerprint density at radius 2 is 1.56 bits per heavy atom. The van der Waals surface area contributed by atoms with Crippen LogP contribution in [-0.2, 0) is 14.8 Å². The largest absolute Gasteiger partial charge is 0.379 e. The van der Waals surface area contributed by atoms with Crippen LogP contribution in [-0.4, -0.2) is 50.2 Å². The van der Waals surface area contributed by atoms with Gasteiger partial charge in [-0.15, -0.1) is 0 Å². The first-order valence-corrected chi connectivity index (χ1v) is 12.9. The molecule has 0 atom stereocenters. The Bertz CT molecular complexity index is 1560. The maximum absolute atomic E-state index is 12.9. The smallest absolute Gasteiger partial charge is 0.295 e. The number of nitro benzene ring substituents is 1. The Kier molecular flexibility index (Phi) is 6.59. The van der Waals surface area contributed by atoms with Gasteiger partial charge in [0.2, 0.25) is 10.0 Å². The van der Waals surface area contributed by atoms with E-state index < -0.39 is 20.6 Å². The van der Waals surface area contributed by atoms with Crippen molar-refractivity contribution in [2.24, 2.45) is 5.10 Å². The van der Waals surface area contributed by atoms with Crippen molar-refractivity contribution < 1.29 is 18.1 Å². The summed E-state index contributed by atoms with van der Waals surface area (Å²) in [6.07, 6.45) is 1.59. The van der Waals surface area contributed by atoms with Gasteiger partial charge in [-0.25, -0.2) is 8.42 Å². The van der Waals surface area contributed by atoms with E-state index in [1.165, 1.54) is 16.4 Å². The fourth-order valence-electron chi connectivity index (χ4n) is 4.27. The van der Waals surface area contributed by atoms with E-state index >= 15 is 0 Å². The third-order valence-corrected chi connectivity index (χ3v) is 8.36. The molecule has 1 heterocycles. The molecule has 0 aromatic heterocycles. The van der Waals surface area contributed by atoms with Crippen LogP contribution in [0.2, 0.25) is 5.02 Å². The first kappa shape index (κ1) is 24.1. The van der Waals surface area contributed by atoms with E-state index in [-0.39, 0.29) is 36.9 Å². The number of rotatable bonds is 6. The standard InChI is InChI=1S/C25H21ClN4O5S/c26-25-20-7-3-1-5-18(20)22(19-6-2-4-8-21(19)25)16-27-28-23-10-9-17(15-24(23)30(31)32)36(33,34)29-11-13-35-14-12-29/h1-10,15-16,28H,11-14H2. The maximum atomic E-state index is 12.9. The number of nitrogens with one attached hydrogen (secondary N) is 1. The highest BCUT2D eigenvalue weighted by Crippen LogP contribution is 2.35. The minimum Gasteiger partial charge on any atom is -0.379 e. The highest BCUT2D eigenvalue weighted by Gasteiger charge is 2.29. The van der Waals surface area contributed by atoms with E-state index in [1.54, 1.807) is 6.21 Å². The Morgan fingerprint density at radius 1 is 0.972 bits per heavy atom. The molecular formula is C25H21ClN4O5S. The number of hydrogen-bond donors (Lipinski definition) is 1. The fourth-order valence-corrected chi connectivity index (χ4v) is 6.03. The third kappa shape index (κ3) is 4.40. The van der Waals surface area contributed by atoms with Crippen molar-refractivity contribution in [3.8, 4) is 0 Å². The molecule has 5 rings (SSSR count). The topological polar surface area (TPSA) is 114 Å². The second-order valence-corrected chi connectivity index (χ2v) is 10.5. The van der Waals surface area contributed by atoms with Gasteiger partial charge in [0.25, 0.3) is 5.69 Å². The predicted molar refractivity (Wildman–Crippen MR) is 140 cm³/mol. The molecule has 4 aromatic rings. The summed E-state index contributed by atoms with van der Waals surface area (Å²) in [5, 5.41) is 20.2. The molecule has 11 heteroatoms. The quantitative estimate of drug-likeness (QED) is 0.164. The molecule has 0 radical (unpaired) electrons. The van der Waals surface area contributed by atoms with Gasteiger partial charge < -0.3 is 4.74 Å². The lowest BCUT2D eigenvalue weighted by molar-refractivity contribution is -0.384. The highest BCUT2D eigenvalue weighted by atomic mass is 35.5. The zero-order valence-electron chi connectivity index (χ0n) is 18.9. The van der Waals surface area contributed by atoms with Crippen LogP contribution in [0.15, 0.2) is 76.7 Å². The lowest BCUT2D eigenvalue weighted by Gasteiger charge is -2.26. The van der Waals surface area contributed by atoms with Crippen molar-refractivity contribution >= 4 is 60.8 Å². The molecule has 9 nitrogen and oxygen atoms in total. The predicted octanol–water partition coefficient (Wildman–Crippen LogP) is 5.02. The van der Waals surface area contributed by atoms with Crippen LogP contribution in [0.5, 0.6) is 0 Å². The number of nitrogens with zero attached hydrogens (tertiary/aromatic N) is 3. The Hall–Kier alpha value is -3.57. The number of benzene rings is 4. The number of fused-ring (bicyclic) bond motifs is 2. The van der Waals surface area contributed by atoms with Gasteiger partial charge in [0, 0.05) is 35.5 Å². The molecular weight excluding hydrogens is 504 g/mol. The van der Waals surface area contributed by atoms with E-state index in [2.05, 4.69) is 10.5 Å². The molecule has 1 saturated heterocycles. The second-order valence-electron chi connectivity index (χ2n) is 8.14. The van der Waals surface area contributed by atoms with Crippen LogP contribution in [0.25, 0.3) is 21.5 Å². The van der Waals surface area contributed by atoms with Crippen molar-refractivity contribution in [1.82, 2.24) is 4.31 Å². The van der Waals surface area contributed by atoms with E-state index in [4.69, 9.17) is 16.3 Å². The highest BCUT2D eigenvalue weighted by molar-refractivity contribution is 7.89. The molecule has 0 spiro atoms. The summed E-state index contributed by atoms with van der Waals surface area (Å²) in [5.41, 5.74) is 3.18. The maximum Gasteiger partial charge on any atom is 0.295 e. The van der Waals surface area contributed by atoms with Crippen LogP contribution in [0.4, 0.5) is 11.4 Å². The summed E-state index contributed by atoms with van der Waals surface area (Å²) in [7, 11) is -3.88. The average molecular weight is 525 g/mol. The molecule has 36 heavy (non-hydrogen) atoms. The van der Waals surface area contributed by atoms with Crippen molar-refractivity contribution in [3.63, 3.8) is 0 Å². The zero-order valence-corrected chi connectivity index (χ0v) is 20.5. The number of nitro groups is 1. The van der Waals surface area contributed by atoms with Gasteiger partial charge >= 0.3 is 0 Å². The average Bonchev–Trinajstić information content (AvgIpc) is 2.91. The molecule has 184 valence electrons. The summed E-state index contributed by atoms with van der Waals surface area (Å²) in [4.78, 5) is 11.0. The fraction of sp³-hybridized carbons (Fsp3) is 0.160. The second kappa shape index (κ2) is 9.82. The number of morpholine rings is 1. The molecule has 1 aliphatic heterocycles. The summed E-state index contributed by atoms with van der Waals surface area (Å²) in [5.74, 6) is 0. The normalized spacial score (nSPS) is 15.0. The Balaban J connectivity index is 1.51. The molecule has 0 unspecified atom stereocenters. The zero-order chi connectivity index (χ0) is 25.3. The van der Waals surface area contributed by atoms with Crippen molar-refractivity contribution in [3.05, 3.63) is 87.4 Å². The Morgan fingerprint density at radius 3 is 2.14 bits per heavy atom. The molecule has 1 aliphatic rings. The summed E-state index contributed by atoms with van der Waals surface area (Å²) in [6.45, 7) is 0.959.